The van der Waals surface area contributed by atoms with Crippen LogP contribution in [0.2, 0.25) is 0 Å². The second-order valence-electron chi connectivity index (χ2n) is 6.63. The second-order valence-corrected chi connectivity index (χ2v) is 6.63. The smallest absolute Gasteiger partial charge is 0.336 e. The summed E-state index contributed by atoms with van der Waals surface area (Å²) in [5.41, 5.74) is 2.74. The van der Waals surface area contributed by atoms with Gasteiger partial charge in [0.15, 0.2) is 0 Å². The summed E-state index contributed by atoms with van der Waals surface area (Å²) in [4.78, 5) is 14.3. The Bertz CT molecular complexity index is 433. The van der Waals surface area contributed by atoms with Crippen LogP contribution >= 0.6 is 0 Å². The Morgan fingerprint density at radius 3 is 2.74 bits per heavy atom. The van der Waals surface area contributed by atoms with Crippen molar-refractivity contribution in [1.82, 2.24) is 10.2 Å². The van der Waals surface area contributed by atoms with Gasteiger partial charge in [-0.1, -0.05) is 0 Å². The van der Waals surface area contributed by atoms with E-state index in [2.05, 4.69) is 10.2 Å². The van der Waals surface area contributed by atoms with Gasteiger partial charge in [-0.3, -0.25) is 0 Å². The lowest BCUT2D eigenvalue weighted by atomic mass is 9.78. The Hall–Kier alpha value is -1.03. The molecule has 0 atom stereocenters. The molecule has 0 amide bonds. The highest BCUT2D eigenvalue weighted by atomic mass is 16.5. The van der Waals surface area contributed by atoms with Gasteiger partial charge in [0.2, 0.25) is 0 Å². The van der Waals surface area contributed by atoms with Crippen molar-refractivity contribution in [3.8, 4) is 0 Å². The molecule has 1 saturated carbocycles. The van der Waals surface area contributed by atoms with E-state index in [1.807, 2.05) is 0 Å². The summed E-state index contributed by atoms with van der Waals surface area (Å²) < 4.78 is 5.30. The maximum Gasteiger partial charge on any atom is 0.336 e. The number of rotatable bonds is 2. The van der Waals surface area contributed by atoms with Crippen LogP contribution in [0.4, 0.5) is 0 Å². The fraction of sp³-hybridized carbons (Fsp3) is 0.800. The van der Waals surface area contributed by atoms with Crippen molar-refractivity contribution < 1.29 is 9.53 Å². The van der Waals surface area contributed by atoms with E-state index in [0.29, 0.717) is 17.9 Å². The predicted octanol–water partition coefficient (Wildman–Crippen LogP) is 1.28. The van der Waals surface area contributed by atoms with Gasteiger partial charge in [-0.15, -0.1) is 0 Å². The molecule has 104 valence electrons. The molecule has 2 saturated heterocycles. The van der Waals surface area contributed by atoms with Crippen LogP contribution in [0.5, 0.6) is 0 Å². The van der Waals surface area contributed by atoms with Gasteiger partial charge in [0.1, 0.15) is 6.61 Å². The fourth-order valence-corrected chi connectivity index (χ4v) is 3.97. The number of carbonyl (C=O) groups is 1. The van der Waals surface area contributed by atoms with Crippen LogP contribution < -0.4 is 5.32 Å². The molecule has 0 unspecified atom stereocenters. The quantitative estimate of drug-likeness (QED) is 0.761. The molecule has 19 heavy (non-hydrogen) atoms. The van der Waals surface area contributed by atoms with Crippen molar-refractivity contribution in [3.63, 3.8) is 0 Å². The highest BCUT2D eigenvalue weighted by Gasteiger charge is 2.44. The van der Waals surface area contributed by atoms with E-state index < -0.39 is 0 Å². The Morgan fingerprint density at radius 2 is 2.00 bits per heavy atom. The summed E-state index contributed by atoms with van der Waals surface area (Å²) in [6, 6.07) is 0. The molecule has 4 aliphatic rings. The summed E-state index contributed by atoms with van der Waals surface area (Å²) in [6.45, 7) is 5.08. The summed E-state index contributed by atoms with van der Waals surface area (Å²) in [6.07, 6.45) is 6.20. The van der Waals surface area contributed by atoms with Crippen LogP contribution in [0.25, 0.3) is 0 Å². The van der Waals surface area contributed by atoms with Crippen LogP contribution in [-0.2, 0) is 9.53 Å². The van der Waals surface area contributed by atoms with E-state index in [1.54, 1.807) is 0 Å². The van der Waals surface area contributed by atoms with Crippen LogP contribution in [-0.4, -0.2) is 43.7 Å². The van der Waals surface area contributed by atoms with Gasteiger partial charge in [-0.25, -0.2) is 4.79 Å². The van der Waals surface area contributed by atoms with Gasteiger partial charge in [-0.2, -0.15) is 0 Å². The minimum absolute atomic E-state index is 0.0382. The average Bonchev–Trinajstić information content (AvgIpc) is 3.08. The molecule has 0 bridgehead atoms. The number of hydrogen-bond donors (Lipinski definition) is 1. The zero-order valence-electron chi connectivity index (χ0n) is 11.4. The van der Waals surface area contributed by atoms with Crippen molar-refractivity contribution in [2.24, 2.45) is 11.3 Å². The minimum Gasteiger partial charge on any atom is -0.456 e. The van der Waals surface area contributed by atoms with Crippen LogP contribution in [0.3, 0.4) is 0 Å². The molecule has 1 N–H and O–H groups in total. The van der Waals surface area contributed by atoms with Gasteiger partial charge in [-0.05, 0) is 56.5 Å². The normalized spacial score (nSPS) is 30.3. The standard InChI is InChI=1S/C15H22N2O2/c18-14-13(11-1-2-11)12(9-19-14)17-8-5-15(10-17)3-6-16-7-4-15/h11,16H,1-10H2. The first kappa shape index (κ1) is 11.8. The van der Waals surface area contributed by atoms with E-state index >= 15 is 0 Å². The SMILES string of the molecule is O=C1OCC(N2CCC3(CCNCC3)C2)=C1C1CC1. The zero-order valence-corrected chi connectivity index (χ0v) is 11.4. The third kappa shape index (κ3) is 1.97. The predicted molar refractivity (Wildman–Crippen MR) is 71.4 cm³/mol. The van der Waals surface area contributed by atoms with Gasteiger partial charge in [0.05, 0.1) is 11.3 Å². The molecular weight excluding hydrogens is 240 g/mol. The molecule has 3 heterocycles. The Balaban J connectivity index is 1.55. The first-order valence-electron chi connectivity index (χ1n) is 7.63. The molecule has 0 aromatic heterocycles. The molecule has 3 aliphatic heterocycles. The van der Waals surface area contributed by atoms with Crippen molar-refractivity contribution in [2.75, 3.05) is 32.8 Å². The number of nitrogens with zero attached hydrogens (tertiary/aromatic N) is 1. The number of hydrogen-bond acceptors (Lipinski definition) is 4. The molecule has 0 aromatic carbocycles. The largest absolute Gasteiger partial charge is 0.456 e. The molecule has 0 radical (unpaired) electrons. The number of cyclic esters (lactones) is 1. The van der Waals surface area contributed by atoms with E-state index in [-0.39, 0.29) is 5.97 Å². The molecule has 0 aromatic rings. The Labute approximate surface area is 114 Å². The van der Waals surface area contributed by atoms with E-state index in [4.69, 9.17) is 4.74 Å². The summed E-state index contributed by atoms with van der Waals surface area (Å²) >= 11 is 0. The lowest BCUT2D eigenvalue weighted by Crippen LogP contribution is -2.38. The number of nitrogens with one attached hydrogen (secondary N) is 1. The molecular formula is C15H22N2O2. The highest BCUT2D eigenvalue weighted by Crippen LogP contribution is 2.45. The molecule has 1 spiro atoms. The van der Waals surface area contributed by atoms with E-state index in [1.165, 1.54) is 37.8 Å². The summed E-state index contributed by atoms with van der Waals surface area (Å²) in [5.74, 6) is 0.471. The van der Waals surface area contributed by atoms with Gasteiger partial charge >= 0.3 is 5.97 Å². The van der Waals surface area contributed by atoms with Crippen LogP contribution in [0, 0.1) is 11.3 Å². The highest BCUT2D eigenvalue weighted by molar-refractivity contribution is 5.92. The lowest BCUT2D eigenvalue weighted by molar-refractivity contribution is -0.136. The van der Waals surface area contributed by atoms with Crippen molar-refractivity contribution in [2.45, 2.75) is 32.1 Å². The number of esters is 1. The number of likely N-dealkylation sites (tertiary alicyclic amines) is 1. The molecule has 4 heteroatoms. The Morgan fingerprint density at radius 1 is 1.21 bits per heavy atom. The van der Waals surface area contributed by atoms with Crippen molar-refractivity contribution in [1.29, 1.82) is 0 Å². The first-order chi connectivity index (χ1) is 9.27. The number of ether oxygens (including phenoxy) is 1. The lowest BCUT2D eigenvalue weighted by Gasteiger charge is -2.34. The monoisotopic (exact) mass is 262 g/mol. The van der Waals surface area contributed by atoms with Gasteiger partial charge in [0, 0.05) is 13.1 Å². The minimum atomic E-state index is -0.0382. The van der Waals surface area contributed by atoms with Gasteiger partial charge in [0.25, 0.3) is 0 Å². The second kappa shape index (κ2) is 4.23. The maximum absolute atomic E-state index is 11.9. The average molecular weight is 262 g/mol. The maximum atomic E-state index is 11.9. The molecule has 1 aliphatic carbocycles. The van der Waals surface area contributed by atoms with Gasteiger partial charge < -0.3 is 15.0 Å². The van der Waals surface area contributed by atoms with E-state index in [9.17, 15) is 4.79 Å². The Kier molecular flexibility index (Phi) is 2.62. The number of carbonyl (C=O) groups excluding carboxylic acids is 1. The molecule has 4 nitrogen and oxygen atoms in total. The van der Waals surface area contributed by atoms with Crippen molar-refractivity contribution in [3.05, 3.63) is 11.3 Å². The van der Waals surface area contributed by atoms with Crippen LogP contribution in [0.1, 0.15) is 32.1 Å². The zero-order chi connectivity index (χ0) is 12.9. The molecule has 4 rings (SSSR count). The first-order valence-corrected chi connectivity index (χ1v) is 7.63. The molecule has 3 fully saturated rings. The summed E-state index contributed by atoms with van der Waals surface area (Å²) in [5, 5.41) is 3.46. The third-order valence-corrected chi connectivity index (χ3v) is 5.34. The van der Waals surface area contributed by atoms with Crippen LogP contribution in [0.15, 0.2) is 11.3 Å². The van der Waals surface area contributed by atoms with E-state index in [0.717, 1.165) is 31.8 Å². The topological polar surface area (TPSA) is 41.6 Å². The number of piperidine rings is 1. The van der Waals surface area contributed by atoms with Crippen molar-refractivity contribution >= 4 is 5.97 Å². The third-order valence-electron chi connectivity index (χ3n) is 5.34. The fourth-order valence-electron chi connectivity index (χ4n) is 3.97. The summed E-state index contributed by atoms with van der Waals surface area (Å²) in [7, 11) is 0.